The van der Waals surface area contributed by atoms with Crippen LogP contribution in [0, 0.1) is 0 Å². The first kappa shape index (κ1) is 20.5. The van der Waals surface area contributed by atoms with Gasteiger partial charge in [-0.15, -0.1) is 0 Å². The van der Waals surface area contributed by atoms with Gasteiger partial charge in [0.1, 0.15) is 0 Å². The van der Waals surface area contributed by atoms with Crippen LogP contribution in [0.15, 0.2) is 140 Å². The average Bonchev–Trinajstić information content (AvgIpc) is 2.91. The summed E-state index contributed by atoms with van der Waals surface area (Å²) in [6, 6.07) is 46.2. The highest BCUT2D eigenvalue weighted by atomic mass is 16.2. The summed E-state index contributed by atoms with van der Waals surface area (Å²) >= 11 is 0. The van der Waals surface area contributed by atoms with Crippen LogP contribution in [0.25, 0.3) is 22.3 Å². The lowest BCUT2D eigenvalue weighted by Crippen LogP contribution is -2.25. The number of hydrogen-bond donors (Lipinski definition) is 0. The average molecular weight is 426 g/mol. The monoisotopic (exact) mass is 425 g/mol. The molecule has 5 aromatic carbocycles. The Balaban J connectivity index is 1.53. The van der Waals surface area contributed by atoms with Gasteiger partial charge < -0.3 is 0 Å². The predicted molar refractivity (Wildman–Crippen MR) is 137 cm³/mol. The number of rotatable bonds is 5. The second kappa shape index (κ2) is 9.37. The van der Waals surface area contributed by atoms with Crippen LogP contribution >= 0.6 is 0 Å². The van der Waals surface area contributed by atoms with E-state index in [2.05, 4.69) is 48.5 Å². The minimum atomic E-state index is -0.0597. The Morgan fingerprint density at radius 2 is 0.727 bits per heavy atom. The van der Waals surface area contributed by atoms with E-state index in [-0.39, 0.29) is 5.91 Å². The number of hydrogen-bond acceptors (Lipinski definition) is 1. The molecule has 0 radical (unpaired) electrons. The molecule has 158 valence electrons. The minimum absolute atomic E-state index is 0.0597. The second-order valence-corrected chi connectivity index (χ2v) is 7.83. The molecule has 0 N–H and O–H groups in total. The SMILES string of the molecule is O=C(c1ccccc1)N(c1ccc(-c2ccccc2)cc1)c1ccc(-c2ccccc2)cc1. The summed E-state index contributed by atoms with van der Waals surface area (Å²) in [4.78, 5) is 15.4. The molecule has 0 aliphatic carbocycles. The van der Waals surface area contributed by atoms with E-state index in [1.165, 1.54) is 0 Å². The summed E-state index contributed by atoms with van der Waals surface area (Å²) in [5.41, 5.74) is 6.84. The molecule has 0 heterocycles. The van der Waals surface area contributed by atoms with Crippen LogP contribution in [0.3, 0.4) is 0 Å². The molecule has 0 aromatic heterocycles. The van der Waals surface area contributed by atoms with E-state index in [4.69, 9.17) is 0 Å². The van der Waals surface area contributed by atoms with Crippen LogP contribution in [0.1, 0.15) is 10.4 Å². The molecule has 0 saturated carbocycles. The molecule has 33 heavy (non-hydrogen) atoms. The lowest BCUT2D eigenvalue weighted by molar-refractivity contribution is 0.0999. The summed E-state index contributed by atoms with van der Waals surface area (Å²) in [5.74, 6) is -0.0597. The van der Waals surface area contributed by atoms with Gasteiger partial charge in [0, 0.05) is 16.9 Å². The third-order valence-electron chi connectivity index (χ3n) is 5.69. The van der Waals surface area contributed by atoms with Crippen molar-refractivity contribution in [1.82, 2.24) is 0 Å². The van der Waals surface area contributed by atoms with Crippen LogP contribution in [0.4, 0.5) is 11.4 Å². The van der Waals surface area contributed by atoms with Crippen molar-refractivity contribution in [2.45, 2.75) is 0 Å². The van der Waals surface area contributed by atoms with E-state index in [9.17, 15) is 4.79 Å². The van der Waals surface area contributed by atoms with E-state index in [1.807, 2.05) is 91.0 Å². The van der Waals surface area contributed by atoms with Crippen molar-refractivity contribution >= 4 is 17.3 Å². The van der Waals surface area contributed by atoms with Gasteiger partial charge in [-0.25, -0.2) is 0 Å². The van der Waals surface area contributed by atoms with Crippen molar-refractivity contribution in [1.29, 1.82) is 0 Å². The fourth-order valence-electron chi connectivity index (χ4n) is 3.96. The summed E-state index contributed by atoms with van der Waals surface area (Å²) < 4.78 is 0. The summed E-state index contributed by atoms with van der Waals surface area (Å²) in [6.45, 7) is 0. The lowest BCUT2D eigenvalue weighted by Gasteiger charge is -2.24. The zero-order valence-corrected chi connectivity index (χ0v) is 18.1. The molecule has 0 spiro atoms. The van der Waals surface area contributed by atoms with Crippen LogP contribution in [0.5, 0.6) is 0 Å². The molecule has 2 heteroatoms. The van der Waals surface area contributed by atoms with Crippen molar-refractivity contribution in [3.63, 3.8) is 0 Å². The third-order valence-corrected chi connectivity index (χ3v) is 5.69. The smallest absolute Gasteiger partial charge is 0.262 e. The molecule has 0 saturated heterocycles. The Morgan fingerprint density at radius 3 is 1.12 bits per heavy atom. The number of amides is 1. The molecule has 0 unspecified atom stereocenters. The minimum Gasteiger partial charge on any atom is -0.277 e. The van der Waals surface area contributed by atoms with E-state index in [1.54, 1.807) is 4.90 Å². The van der Waals surface area contributed by atoms with Gasteiger partial charge in [-0.05, 0) is 58.7 Å². The van der Waals surface area contributed by atoms with E-state index in [0.717, 1.165) is 33.6 Å². The van der Waals surface area contributed by atoms with Crippen molar-refractivity contribution < 1.29 is 4.79 Å². The maximum Gasteiger partial charge on any atom is 0.262 e. The fourth-order valence-corrected chi connectivity index (χ4v) is 3.96. The molecule has 0 aliphatic rings. The standard InChI is InChI=1S/C31H23NO/c33-31(28-14-8-3-9-15-28)32(29-20-16-26(17-21-29)24-10-4-1-5-11-24)30-22-18-27(19-23-30)25-12-6-2-7-13-25/h1-23H. The molecule has 5 rings (SSSR count). The van der Waals surface area contributed by atoms with Gasteiger partial charge in [0.2, 0.25) is 0 Å². The number of carbonyl (C=O) groups is 1. The Labute approximate surface area is 194 Å². The Morgan fingerprint density at radius 1 is 0.394 bits per heavy atom. The van der Waals surface area contributed by atoms with Gasteiger partial charge in [-0.3, -0.25) is 9.69 Å². The zero-order chi connectivity index (χ0) is 22.5. The number of carbonyl (C=O) groups excluding carboxylic acids is 1. The van der Waals surface area contributed by atoms with E-state index in [0.29, 0.717) is 5.56 Å². The Hall–Kier alpha value is -4.43. The van der Waals surface area contributed by atoms with E-state index < -0.39 is 0 Å². The molecule has 1 amide bonds. The molecular formula is C31H23NO. The van der Waals surface area contributed by atoms with Gasteiger partial charge in [0.15, 0.2) is 0 Å². The quantitative estimate of drug-likeness (QED) is 0.279. The fraction of sp³-hybridized carbons (Fsp3) is 0. The molecule has 0 bridgehead atoms. The Kier molecular flexibility index (Phi) is 5.81. The molecule has 0 fully saturated rings. The summed E-state index contributed by atoms with van der Waals surface area (Å²) in [5, 5.41) is 0. The topological polar surface area (TPSA) is 20.3 Å². The maximum atomic E-state index is 13.6. The van der Waals surface area contributed by atoms with Crippen molar-refractivity contribution in [3.8, 4) is 22.3 Å². The molecule has 5 aromatic rings. The van der Waals surface area contributed by atoms with Crippen molar-refractivity contribution in [2.75, 3.05) is 4.90 Å². The maximum absolute atomic E-state index is 13.6. The number of nitrogens with zero attached hydrogens (tertiary/aromatic N) is 1. The first-order chi connectivity index (χ1) is 16.3. The highest BCUT2D eigenvalue weighted by Crippen LogP contribution is 2.31. The molecule has 0 aliphatic heterocycles. The third kappa shape index (κ3) is 4.46. The van der Waals surface area contributed by atoms with Crippen molar-refractivity contribution in [3.05, 3.63) is 145 Å². The molecule has 0 atom stereocenters. The highest BCUT2D eigenvalue weighted by Gasteiger charge is 2.20. The second-order valence-electron chi connectivity index (χ2n) is 7.83. The van der Waals surface area contributed by atoms with Crippen molar-refractivity contribution in [2.24, 2.45) is 0 Å². The van der Waals surface area contributed by atoms with Gasteiger partial charge in [0.25, 0.3) is 5.91 Å². The normalized spacial score (nSPS) is 10.5. The largest absolute Gasteiger partial charge is 0.277 e. The van der Waals surface area contributed by atoms with Gasteiger partial charge in [-0.1, -0.05) is 103 Å². The van der Waals surface area contributed by atoms with Gasteiger partial charge in [0.05, 0.1) is 0 Å². The molecular weight excluding hydrogens is 402 g/mol. The number of anilines is 2. The Bertz CT molecular complexity index is 1240. The summed E-state index contributed by atoms with van der Waals surface area (Å²) in [6.07, 6.45) is 0. The van der Waals surface area contributed by atoms with Gasteiger partial charge >= 0.3 is 0 Å². The van der Waals surface area contributed by atoms with Crippen LogP contribution < -0.4 is 4.90 Å². The first-order valence-electron chi connectivity index (χ1n) is 11.0. The van der Waals surface area contributed by atoms with Gasteiger partial charge in [-0.2, -0.15) is 0 Å². The lowest BCUT2D eigenvalue weighted by atomic mass is 10.0. The highest BCUT2D eigenvalue weighted by molar-refractivity contribution is 6.11. The van der Waals surface area contributed by atoms with Crippen LogP contribution in [-0.2, 0) is 0 Å². The van der Waals surface area contributed by atoms with E-state index >= 15 is 0 Å². The predicted octanol–water partition coefficient (Wildman–Crippen LogP) is 8.00. The summed E-state index contributed by atoms with van der Waals surface area (Å²) in [7, 11) is 0. The first-order valence-corrected chi connectivity index (χ1v) is 11.0. The van der Waals surface area contributed by atoms with Crippen LogP contribution in [0.2, 0.25) is 0 Å². The zero-order valence-electron chi connectivity index (χ0n) is 18.1. The van der Waals surface area contributed by atoms with Crippen LogP contribution in [-0.4, -0.2) is 5.91 Å². The molecule has 2 nitrogen and oxygen atoms in total. The number of benzene rings is 5.